The number of H-pyrrole nitrogens is 1. The van der Waals surface area contributed by atoms with Crippen molar-refractivity contribution in [3.05, 3.63) is 51.4 Å². The zero-order chi connectivity index (χ0) is 17.0. The summed E-state index contributed by atoms with van der Waals surface area (Å²) in [6.45, 7) is 8.09. The van der Waals surface area contributed by atoms with Gasteiger partial charge < -0.3 is 9.72 Å². The second-order valence-electron chi connectivity index (χ2n) is 6.39. The van der Waals surface area contributed by atoms with Crippen LogP contribution in [0.2, 0.25) is 0 Å². The molecule has 0 saturated carbocycles. The van der Waals surface area contributed by atoms with Crippen LogP contribution >= 0.6 is 11.8 Å². The molecule has 5 heteroatoms. The number of thioether (sulfide) groups is 1. The molecular weight excluding hydrogens is 308 g/mol. The second kappa shape index (κ2) is 7.21. The van der Waals surface area contributed by atoms with Gasteiger partial charge in [-0.25, -0.2) is 4.98 Å². The van der Waals surface area contributed by atoms with Crippen molar-refractivity contribution in [2.45, 2.75) is 51.3 Å². The number of hydrogen-bond acceptors (Lipinski definition) is 4. The summed E-state index contributed by atoms with van der Waals surface area (Å²) in [5.41, 5.74) is 2.43. The molecular formula is C18H24N2O2S. The molecule has 2 aromatic rings. The fourth-order valence-corrected chi connectivity index (χ4v) is 2.72. The molecule has 0 unspecified atom stereocenters. The lowest BCUT2D eigenvalue weighted by molar-refractivity contribution is 0.131. The van der Waals surface area contributed by atoms with Crippen molar-refractivity contribution in [3.63, 3.8) is 0 Å². The average Bonchev–Trinajstić information content (AvgIpc) is 2.49. The van der Waals surface area contributed by atoms with Crippen molar-refractivity contribution in [1.29, 1.82) is 0 Å². The largest absolute Gasteiger partial charge is 0.488 e. The third kappa shape index (κ3) is 4.86. The fraction of sp³-hybridized carbons (Fsp3) is 0.444. The van der Waals surface area contributed by atoms with Gasteiger partial charge in [-0.05, 0) is 51.1 Å². The van der Waals surface area contributed by atoms with Gasteiger partial charge in [0.2, 0.25) is 0 Å². The molecule has 0 bridgehead atoms. The Balaban J connectivity index is 2.24. The Morgan fingerprint density at radius 2 is 1.87 bits per heavy atom. The van der Waals surface area contributed by atoms with Crippen LogP contribution in [0, 0.1) is 0 Å². The van der Waals surface area contributed by atoms with Gasteiger partial charge in [0.05, 0.1) is 5.69 Å². The standard InChI is InChI=1S/C18H24N2O2S/c1-6-15-14(16(21)20-17(19-15)23-5)11-12-7-9-13(10-8-12)22-18(2,3)4/h7-10H,6,11H2,1-5H3,(H,19,20,21). The minimum atomic E-state index is -0.217. The van der Waals surface area contributed by atoms with E-state index < -0.39 is 0 Å². The first-order valence-electron chi connectivity index (χ1n) is 7.76. The maximum absolute atomic E-state index is 12.3. The number of ether oxygens (including phenoxy) is 1. The molecule has 1 N–H and O–H groups in total. The topological polar surface area (TPSA) is 55.0 Å². The van der Waals surface area contributed by atoms with Gasteiger partial charge in [0, 0.05) is 12.0 Å². The fourth-order valence-electron chi connectivity index (χ4n) is 2.33. The Bertz CT molecular complexity index is 715. The zero-order valence-corrected chi connectivity index (χ0v) is 15.2. The van der Waals surface area contributed by atoms with Gasteiger partial charge in [-0.1, -0.05) is 30.8 Å². The van der Waals surface area contributed by atoms with Crippen LogP contribution in [0.1, 0.15) is 44.5 Å². The normalized spacial score (nSPS) is 11.5. The summed E-state index contributed by atoms with van der Waals surface area (Å²) in [5, 5.41) is 0.671. The van der Waals surface area contributed by atoms with Crippen LogP contribution in [0.15, 0.2) is 34.2 Å². The van der Waals surface area contributed by atoms with Crippen LogP contribution in [0.4, 0.5) is 0 Å². The molecule has 0 saturated heterocycles. The van der Waals surface area contributed by atoms with E-state index >= 15 is 0 Å². The predicted molar refractivity (Wildman–Crippen MR) is 95.6 cm³/mol. The number of aryl methyl sites for hydroxylation is 1. The number of aromatic amines is 1. The lowest BCUT2D eigenvalue weighted by Crippen LogP contribution is -2.22. The van der Waals surface area contributed by atoms with Crippen molar-refractivity contribution in [1.82, 2.24) is 9.97 Å². The van der Waals surface area contributed by atoms with E-state index in [1.165, 1.54) is 11.8 Å². The Hall–Kier alpha value is -1.75. The summed E-state index contributed by atoms with van der Waals surface area (Å²) in [6.07, 6.45) is 3.24. The molecule has 0 radical (unpaired) electrons. The third-order valence-electron chi connectivity index (χ3n) is 3.34. The van der Waals surface area contributed by atoms with Crippen molar-refractivity contribution < 1.29 is 4.74 Å². The van der Waals surface area contributed by atoms with Crippen LogP contribution in [0.3, 0.4) is 0 Å². The van der Waals surface area contributed by atoms with Gasteiger partial charge in [0.25, 0.3) is 5.56 Å². The zero-order valence-electron chi connectivity index (χ0n) is 14.4. The summed E-state index contributed by atoms with van der Waals surface area (Å²) in [4.78, 5) is 19.7. The van der Waals surface area contributed by atoms with Gasteiger partial charge in [-0.3, -0.25) is 4.79 Å². The molecule has 1 heterocycles. The Morgan fingerprint density at radius 3 is 2.39 bits per heavy atom. The van der Waals surface area contributed by atoms with E-state index in [2.05, 4.69) is 9.97 Å². The van der Waals surface area contributed by atoms with Crippen molar-refractivity contribution in [2.75, 3.05) is 6.26 Å². The highest BCUT2D eigenvalue weighted by Gasteiger charge is 2.13. The molecule has 0 atom stereocenters. The van der Waals surface area contributed by atoms with Crippen LogP contribution < -0.4 is 10.3 Å². The van der Waals surface area contributed by atoms with Crippen molar-refractivity contribution >= 4 is 11.8 Å². The highest BCUT2D eigenvalue weighted by Crippen LogP contribution is 2.20. The Labute approximate surface area is 141 Å². The number of hydrogen-bond donors (Lipinski definition) is 1. The third-order valence-corrected chi connectivity index (χ3v) is 3.92. The Morgan fingerprint density at radius 1 is 1.22 bits per heavy atom. The van der Waals surface area contributed by atoms with Gasteiger partial charge in [0.1, 0.15) is 11.4 Å². The molecule has 0 aliphatic carbocycles. The number of nitrogens with zero attached hydrogens (tertiary/aromatic N) is 1. The lowest BCUT2D eigenvalue weighted by atomic mass is 10.0. The number of rotatable bonds is 5. The highest BCUT2D eigenvalue weighted by molar-refractivity contribution is 7.98. The molecule has 4 nitrogen and oxygen atoms in total. The van der Waals surface area contributed by atoms with Crippen LogP contribution in [0.25, 0.3) is 0 Å². The molecule has 0 spiro atoms. The van der Waals surface area contributed by atoms with Gasteiger partial charge in [0.15, 0.2) is 5.16 Å². The molecule has 0 aliphatic heterocycles. The van der Waals surface area contributed by atoms with Gasteiger partial charge in [-0.2, -0.15) is 0 Å². The molecule has 2 rings (SSSR count). The molecule has 0 fully saturated rings. The van der Waals surface area contributed by atoms with E-state index in [9.17, 15) is 4.79 Å². The van der Waals surface area contributed by atoms with Gasteiger partial charge >= 0.3 is 0 Å². The summed E-state index contributed by atoms with van der Waals surface area (Å²) < 4.78 is 5.82. The summed E-state index contributed by atoms with van der Waals surface area (Å²) in [6, 6.07) is 7.90. The first-order valence-corrected chi connectivity index (χ1v) is 8.99. The van der Waals surface area contributed by atoms with E-state index in [-0.39, 0.29) is 11.2 Å². The van der Waals surface area contributed by atoms with Crippen molar-refractivity contribution in [3.8, 4) is 5.75 Å². The van der Waals surface area contributed by atoms with E-state index in [0.717, 1.165) is 29.0 Å². The van der Waals surface area contributed by atoms with Crippen molar-refractivity contribution in [2.24, 2.45) is 0 Å². The van der Waals surface area contributed by atoms with E-state index in [0.29, 0.717) is 11.6 Å². The maximum Gasteiger partial charge on any atom is 0.255 e. The summed E-state index contributed by atoms with van der Waals surface area (Å²) >= 11 is 1.45. The van der Waals surface area contributed by atoms with E-state index in [1.54, 1.807) is 0 Å². The maximum atomic E-state index is 12.3. The smallest absolute Gasteiger partial charge is 0.255 e. The second-order valence-corrected chi connectivity index (χ2v) is 7.18. The highest BCUT2D eigenvalue weighted by atomic mass is 32.2. The molecule has 23 heavy (non-hydrogen) atoms. The monoisotopic (exact) mass is 332 g/mol. The number of aromatic nitrogens is 2. The Kier molecular flexibility index (Phi) is 5.52. The predicted octanol–water partition coefficient (Wildman–Crippen LogP) is 3.82. The number of benzene rings is 1. The molecule has 0 amide bonds. The molecule has 124 valence electrons. The minimum absolute atomic E-state index is 0.0452. The first kappa shape index (κ1) is 17.6. The van der Waals surface area contributed by atoms with Crippen LogP contribution in [-0.2, 0) is 12.8 Å². The first-order chi connectivity index (χ1) is 10.8. The molecule has 0 aliphatic rings. The number of nitrogens with one attached hydrogen (secondary N) is 1. The quantitative estimate of drug-likeness (QED) is 0.668. The molecule has 1 aromatic heterocycles. The van der Waals surface area contributed by atoms with E-state index in [4.69, 9.17) is 4.74 Å². The van der Waals surface area contributed by atoms with Crippen LogP contribution in [-0.4, -0.2) is 21.8 Å². The lowest BCUT2D eigenvalue weighted by Gasteiger charge is -2.21. The van der Waals surface area contributed by atoms with Gasteiger partial charge in [-0.15, -0.1) is 0 Å². The molecule has 1 aromatic carbocycles. The van der Waals surface area contributed by atoms with Crippen LogP contribution in [0.5, 0.6) is 5.75 Å². The summed E-state index contributed by atoms with van der Waals surface area (Å²) in [7, 11) is 0. The SMILES string of the molecule is CCc1nc(SC)[nH]c(=O)c1Cc1ccc(OC(C)(C)C)cc1. The summed E-state index contributed by atoms with van der Waals surface area (Å²) in [5.74, 6) is 0.835. The minimum Gasteiger partial charge on any atom is -0.488 e. The van der Waals surface area contributed by atoms with E-state index in [1.807, 2.05) is 58.2 Å². The average molecular weight is 332 g/mol.